The van der Waals surface area contributed by atoms with E-state index in [0.29, 0.717) is 30.2 Å². The number of amides is 1. The molecule has 1 unspecified atom stereocenters. The second-order valence-electron chi connectivity index (χ2n) is 6.84. The molecule has 2 aliphatic rings. The van der Waals surface area contributed by atoms with Crippen molar-refractivity contribution in [2.75, 3.05) is 19.9 Å². The van der Waals surface area contributed by atoms with Gasteiger partial charge in [-0.25, -0.2) is 0 Å². The maximum Gasteiger partial charge on any atom is 0.246 e. The van der Waals surface area contributed by atoms with Gasteiger partial charge in [0.05, 0.1) is 6.20 Å². The van der Waals surface area contributed by atoms with Crippen LogP contribution in [0.5, 0.6) is 11.5 Å². The van der Waals surface area contributed by atoms with Gasteiger partial charge in [0.25, 0.3) is 0 Å². The molecule has 4 rings (SSSR count). The van der Waals surface area contributed by atoms with E-state index in [1.807, 2.05) is 13.2 Å². The van der Waals surface area contributed by atoms with Crippen LogP contribution in [-0.4, -0.2) is 46.3 Å². The maximum absolute atomic E-state index is 12.9. The van der Waals surface area contributed by atoms with Crippen LogP contribution in [0.1, 0.15) is 28.8 Å². The first-order chi connectivity index (χ1) is 13.1. The number of benzene rings is 1. The van der Waals surface area contributed by atoms with Crippen LogP contribution in [0.2, 0.25) is 0 Å². The minimum atomic E-state index is -0.199. The van der Waals surface area contributed by atoms with Crippen LogP contribution in [-0.2, 0) is 11.8 Å². The number of hydrogen-bond donors (Lipinski definition) is 0. The summed E-state index contributed by atoms with van der Waals surface area (Å²) in [6.45, 7) is 1.28. The third kappa shape index (κ3) is 3.72. The second-order valence-corrected chi connectivity index (χ2v) is 6.84. The Morgan fingerprint density at radius 1 is 1.26 bits per heavy atom. The molecular weight excluding hydrogens is 346 g/mol. The Bertz CT molecular complexity index is 902. The average Bonchev–Trinajstić information content (AvgIpc) is 3.33. The van der Waals surface area contributed by atoms with E-state index in [9.17, 15) is 9.59 Å². The fourth-order valence-electron chi connectivity index (χ4n) is 3.48. The molecule has 0 N–H and O–H groups in total. The first kappa shape index (κ1) is 17.3. The van der Waals surface area contributed by atoms with Gasteiger partial charge in [-0.1, -0.05) is 0 Å². The van der Waals surface area contributed by atoms with Gasteiger partial charge in [-0.05, 0) is 37.1 Å². The van der Waals surface area contributed by atoms with Crippen LogP contribution in [0.25, 0.3) is 6.08 Å². The predicted octanol–water partition coefficient (Wildman–Crippen LogP) is 2.28. The summed E-state index contributed by atoms with van der Waals surface area (Å²) in [6.07, 6.45) is 8.43. The number of ether oxygens (including phenoxy) is 2. The van der Waals surface area contributed by atoms with Gasteiger partial charge >= 0.3 is 0 Å². The highest BCUT2D eigenvalue weighted by Crippen LogP contribution is 2.33. The summed E-state index contributed by atoms with van der Waals surface area (Å²) in [5, 5.41) is 4.08. The standard InChI is InChI=1S/C20H21N3O4/c1-22-11-14(10-21-22)4-7-19(24)23-8-2-3-16(12-23)20(25)15-5-6-17-18(9-15)27-13-26-17/h4-7,9-11,16H,2-3,8,12-13H2,1H3/b7-4+. The molecule has 0 spiro atoms. The van der Waals surface area contributed by atoms with E-state index in [2.05, 4.69) is 5.10 Å². The lowest BCUT2D eigenvalue weighted by atomic mass is 9.90. The van der Waals surface area contributed by atoms with Crippen LogP contribution in [0.4, 0.5) is 0 Å². The lowest BCUT2D eigenvalue weighted by Crippen LogP contribution is -2.41. The van der Waals surface area contributed by atoms with Crippen molar-refractivity contribution in [3.05, 3.63) is 47.8 Å². The number of nitrogens with zero attached hydrogens (tertiary/aromatic N) is 3. The molecule has 3 heterocycles. The molecule has 27 heavy (non-hydrogen) atoms. The minimum Gasteiger partial charge on any atom is -0.454 e. The van der Waals surface area contributed by atoms with Crippen molar-refractivity contribution in [3.8, 4) is 11.5 Å². The molecule has 0 saturated carbocycles. The number of likely N-dealkylation sites (tertiary alicyclic amines) is 1. The van der Waals surface area contributed by atoms with Gasteiger partial charge in [-0.2, -0.15) is 5.10 Å². The number of aryl methyl sites for hydroxylation is 1. The number of Topliss-reactive ketones (excluding diaryl/α,β-unsaturated/α-hetero) is 1. The topological polar surface area (TPSA) is 73.7 Å². The van der Waals surface area contributed by atoms with Crippen LogP contribution >= 0.6 is 0 Å². The number of ketones is 1. The molecule has 1 amide bonds. The number of aromatic nitrogens is 2. The molecule has 1 aromatic heterocycles. The fourth-order valence-corrected chi connectivity index (χ4v) is 3.48. The van der Waals surface area contributed by atoms with Gasteiger partial charge in [0.1, 0.15) is 0 Å². The molecule has 2 aromatic rings. The van der Waals surface area contributed by atoms with Crippen molar-refractivity contribution in [1.29, 1.82) is 0 Å². The zero-order valence-corrected chi connectivity index (χ0v) is 15.1. The van der Waals surface area contributed by atoms with Crippen molar-refractivity contribution in [2.24, 2.45) is 13.0 Å². The number of fused-ring (bicyclic) bond motifs is 1. The van der Waals surface area contributed by atoms with Crippen LogP contribution in [0.15, 0.2) is 36.7 Å². The third-order valence-electron chi connectivity index (χ3n) is 4.90. The van der Waals surface area contributed by atoms with E-state index in [1.165, 1.54) is 0 Å². The molecule has 0 radical (unpaired) electrons. The quantitative estimate of drug-likeness (QED) is 0.612. The van der Waals surface area contributed by atoms with Gasteiger partial charge in [-0.3, -0.25) is 14.3 Å². The number of piperidine rings is 1. The summed E-state index contributed by atoms with van der Waals surface area (Å²) in [5.41, 5.74) is 1.47. The molecule has 0 bridgehead atoms. The minimum absolute atomic E-state index is 0.0436. The lowest BCUT2D eigenvalue weighted by Gasteiger charge is -2.31. The first-order valence-corrected chi connectivity index (χ1v) is 8.99. The molecule has 2 aliphatic heterocycles. The third-order valence-corrected chi connectivity index (χ3v) is 4.90. The first-order valence-electron chi connectivity index (χ1n) is 8.99. The van der Waals surface area contributed by atoms with E-state index in [4.69, 9.17) is 9.47 Å². The molecule has 1 aromatic carbocycles. The molecule has 0 aliphatic carbocycles. The summed E-state index contributed by atoms with van der Waals surface area (Å²) >= 11 is 0. The predicted molar refractivity (Wildman–Crippen MR) is 98.4 cm³/mol. The van der Waals surface area contributed by atoms with E-state index in [-0.39, 0.29) is 24.4 Å². The van der Waals surface area contributed by atoms with Gasteiger partial charge in [-0.15, -0.1) is 0 Å². The van der Waals surface area contributed by atoms with Gasteiger partial charge in [0.15, 0.2) is 17.3 Å². The van der Waals surface area contributed by atoms with Crippen molar-refractivity contribution in [1.82, 2.24) is 14.7 Å². The largest absolute Gasteiger partial charge is 0.454 e. The van der Waals surface area contributed by atoms with Crippen molar-refractivity contribution >= 4 is 17.8 Å². The highest BCUT2D eigenvalue weighted by molar-refractivity contribution is 5.99. The number of hydrogen-bond acceptors (Lipinski definition) is 5. The highest BCUT2D eigenvalue weighted by atomic mass is 16.7. The molecule has 7 heteroatoms. The van der Waals surface area contributed by atoms with Crippen LogP contribution in [0, 0.1) is 5.92 Å². The Morgan fingerprint density at radius 2 is 2.11 bits per heavy atom. The smallest absolute Gasteiger partial charge is 0.246 e. The van der Waals surface area contributed by atoms with Gasteiger partial charge < -0.3 is 14.4 Å². The second kappa shape index (κ2) is 7.26. The summed E-state index contributed by atoms with van der Waals surface area (Å²) in [5.74, 6) is 1.02. The maximum atomic E-state index is 12.9. The Balaban J connectivity index is 1.42. The van der Waals surface area contributed by atoms with Crippen LogP contribution in [0.3, 0.4) is 0 Å². The van der Waals surface area contributed by atoms with Gasteiger partial charge in [0.2, 0.25) is 12.7 Å². The molecule has 1 atom stereocenters. The molecule has 7 nitrogen and oxygen atoms in total. The van der Waals surface area contributed by atoms with E-state index in [1.54, 1.807) is 46.1 Å². The molecule has 1 saturated heterocycles. The normalized spacial score (nSPS) is 18.9. The zero-order chi connectivity index (χ0) is 18.8. The number of carbonyl (C=O) groups is 2. The average molecular weight is 367 g/mol. The van der Waals surface area contributed by atoms with Gasteiger partial charge in [0, 0.05) is 49.5 Å². The molecule has 1 fully saturated rings. The fraction of sp³-hybridized carbons (Fsp3) is 0.350. The Kier molecular flexibility index (Phi) is 4.66. The zero-order valence-electron chi connectivity index (χ0n) is 15.1. The number of rotatable bonds is 4. The highest BCUT2D eigenvalue weighted by Gasteiger charge is 2.29. The molecule has 140 valence electrons. The molecular formula is C20H21N3O4. The monoisotopic (exact) mass is 367 g/mol. The van der Waals surface area contributed by atoms with E-state index >= 15 is 0 Å². The Morgan fingerprint density at radius 3 is 2.93 bits per heavy atom. The summed E-state index contributed by atoms with van der Waals surface area (Å²) in [6, 6.07) is 5.25. The number of carbonyl (C=O) groups excluding carboxylic acids is 2. The summed E-state index contributed by atoms with van der Waals surface area (Å²) < 4.78 is 12.3. The summed E-state index contributed by atoms with van der Waals surface area (Å²) in [4.78, 5) is 27.1. The van der Waals surface area contributed by atoms with Crippen molar-refractivity contribution in [3.63, 3.8) is 0 Å². The van der Waals surface area contributed by atoms with E-state index < -0.39 is 0 Å². The van der Waals surface area contributed by atoms with E-state index in [0.717, 1.165) is 18.4 Å². The summed E-state index contributed by atoms with van der Waals surface area (Å²) in [7, 11) is 1.83. The van der Waals surface area contributed by atoms with Crippen LogP contribution < -0.4 is 9.47 Å². The Hall–Kier alpha value is -3.09. The lowest BCUT2D eigenvalue weighted by molar-refractivity contribution is -0.127. The van der Waals surface area contributed by atoms with Crippen molar-refractivity contribution < 1.29 is 19.1 Å². The van der Waals surface area contributed by atoms with Crippen molar-refractivity contribution in [2.45, 2.75) is 12.8 Å². The SMILES string of the molecule is Cn1cc(/C=C/C(=O)N2CCCC(C(=O)c3ccc4c(c3)OCO4)C2)cn1. The Labute approximate surface area is 157 Å².